The number of rotatable bonds is 2. The van der Waals surface area contributed by atoms with Crippen molar-refractivity contribution in [2.24, 2.45) is 0 Å². The average molecular weight is 229 g/mol. The van der Waals surface area contributed by atoms with Gasteiger partial charge in [-0.15, -0.1) is 0 Å². The van der Waals surface area contributed by atoms with E-state index in [2.05, 4.69) is 0 Å². The molecule has 2 aromatic rings. The van der Waals surface area contributed by atoms with Crippen LogP contribution in [0.15, 0.2) is 48.5 Å². The summed E-state index contributed by atoms with van der Waals surface area (Å²) in [5.74, 6) is -0.737. The van der Waals surface area contributed by atoms with Crippen molar-refractivity contribution in [3.05, 3.63) is 59.3 Å². The Balaban J connectivity index is 2.41. The zero-order chi connectivity index (χ0) is 12.3. The van der Waals surface area contributed by atoms with Crippen molar-refractivity contribution in [1.29, 1.82) is 0 Å². The zero-order valence-corrected chi connectivity index (χ0v) is 8.95. The van der Waals surface area contributed by atoms with Gasteiger partial charge in [-0.3, -0.25) is 0 Å². The molecule has 0 bridgehead atoms. The molecular formula is C13H11NO3. The van der Waals surface area contributed by atoms with Crippen molar-refractivity contribution in [1.82, 2.24) is 0 Å². The normalized spacial score (nSPS) is 11.4. The Labute approximate surface area is 98.3 Å². The van der Waals surface area contributed by atoms with E-state index in [9.17, 15) is 15.4 Å². The molecule has 0 aliphatic heterocycles. The van der Waals surface area contributed by atoms with Crippen LogP contribution in [-0.4, -0.2) is 21.2 Å². The molecule has 86 valence electrons. The van der Waals surface area contributed by atoms with Crippen LogP contribution in [0.3, 0.4) is 0 Å². The molecule has 2 rings (SSSR count). The van der Waals surface area contributed by atoms with Gasteiger partial charge >= 0.3 is 0 Å². The summed E-state index contributed by atoms with van der Waals surface area (Å²) < 4.78 is 0.518. The SMILES string of the molecule is [O-][N+](=Cc1ccccc1)c1cccc(O)c1O. The Morgan fingerprint density at radius 2 is 1.65 bits per heavy atom. The van der Waals surface area contributed by atoms with E-state index in [0.29, 0.717) is 10.3 Å². The second-order valence-corrected chi connectivity index (χ2v) is 3.51. The largest absolute Gasteiger partial charge is 0.618 e. The predicted molar refractivity (Wildman–Crippen MR) is 64.7 cm³/mol. The number of para-hydroxylation sites is 1. The molecule has 2 N–H and O–H groups in total. The smallest absolute Gasteiger partial charge is 0.262 e. The van der Waals surface area contributed by atoms with Crippen molar-refractivity contribution < 1.29 is 15.0 Å². The summed E-state index contributed by atoms with van der Waals surface area (Å²) in [5, 5.41) is 30.6. The fraction of sp³-hybridized carbons (Fsp3) is 0. The fourth-order valence-electron chi connectivity index (χ4n) is 1.44. The Morgan fingerprint density at radius 3 is 2.35 bits per heavy atom. The van der Waals surface area contributed by atoms with E-state index in [1.54, 1.807) is 12.1 Å². The number of phenols is 2. The maximum absolute atomic E-state index is 11.8. The Bertz CT molecular complexity index is 550. The summed E-state index contributed by atoms with van der Waals surface area (Å²) in [6.07, 6.45) is 1.33. The molecule has 0 aliphatic rings. The van der Waals surface area contributed by atoms with Gasteiger partial charge < -0.3 is 15.4 Å². The summed E-state index contributed by atoms with van der Waals surface area (Å²) in [6.45, 7) is 0. The van der Waals surface area contributed by atoms with Crippen LogP contribution in [0.25, 0.3) is 0 Å². The van der Waals surface area contributed by atoms with Crippen LogP contribution >= 0.6 is 0 Å². The van der Waals surface area contributed by atoms with Crippen LogP contribution in [-0.2, 0) is 0 Å². The Kier molecular flexibility index (Phi) is 2.96. The van der Waals surface area contributed by atoms with Crippen LogP contribution < -0.4 is 0 Å². The summed E-state index contributed by atoms with van der Waals surface area (Å²) in [6, 6.07) is 13.2. The number of aromatic hydroxyl groups is 2. The van der Waals surface area contributed by atoms with Crippen LogP contribution in [0.1, 0.15) is 5.56 Å². The van der Waals surface area contributed by atoms with Crippen molar-refractivity contribution >= 4 is 11.9 Å². The average Bonchev–Trinajstić information content (AvgIpc) is 2.34. The summed E-state index contributed by atoms with van der Waals surface area (Å²) >= 11 is 0. The van der Waals surface area contributed by atoms with E-state index >= 15 is 0 Å². The molecule has 4 nitrogen and oxygen atoms in total. The van der Waals surface area contributed by atoms with E-state index in [4.69, 9.17) is 0 Å². The van der Waals surface area contributed by atoms with Crippen molar-refractivity contribution in [3.63, 3.8) is 0 Å². The minimum absolute atomic E-state index is 0.00820. The van der Waals surface area contributed by atoms with Gasteiger partial charge in [0.2, 0.25) is 5.75 Å². The second-order valence-electron chi connectivity index (χ2n) is 3.51. The first-order valence-electron chi connectivity index (χ1n) is 5.05. The lowest BCUT2D eigenvalue weighted by atomic mass is 10.2. The maximum Gasteiger partial charge on any atom is 0.262 e. The summed E-state index contributed by atoms with van der Waals surface area (Å²) in [5.41, 5.74) is 0.721. The quantitative estimate of drug-likeness (QED) is 0.273. The fourth-order valence-corrected chi connectivity index (χ4v) is 1.44. The summed E-state index contributed by atoms with van der Waals surface area (Å²) in [4.78, 5) is 0. The number of benzene rings is 2. The molecular weight excluding hydrogens is 218 g/mol. The lowest BCUT2D eigenvalue weighted by Crippen LogP contribution is -1.98. The third-order valence-electron chi connectivity index (χ3n) is 2.30. The van der Waals surface area contributed by atoms with Crippen molar-refractivity contribution in [2.45, 2.75) is 0 Å². The van der Waals surface area contributed by atoms with E-state index in [1.165, 1.54) is 24.4 Å². The minimum atomic E-state index is -0.422. The van der Waals surface area contributed by atoms with E-state index in [0.717, 1.165) is 0 Å². The molecule has 0 spiro atoms. The molecule has 0 fully saturated rings. The molecule has 2 aromatic carbocycles. The summed E-state index contributed by atoms with van der Waals surface area (Å²) in [7, 11) is 0. The van der Waals surface area contributed by atoms with Crippen molar-refractivity contribution in [3.8, 4) is 11.5 Å². The molecule has 0 heterocycles. The van der Waals surface area contributed by atoms with Gasteiger partial charge in [-0.1, -0.05) is 24.3 Å². The molecule has 0 aliphatic carbocycles. The molecule has 0 unspecified atom stereocenters. The lowest BCUT2D eigenvalue weighted by Gasteiger charge is -2.05. The van der Waals surface area contributed by atoms with Gasteiger partial charge in [-0.2, -0.15) is 4.74 Å². The number of phenolic OH excluding ortho intramolecular Hbond substituents is 2. The van der Waals surface area contributed by atoms with Crippen LogP contribution in [0.2, 0.25) is 0 Å². The first-order chi connectivity index (χ1) is 8.18. The third-order valence-corrected chi connectivity index (χ3v) is 2.30. The molecule has 0 atom stereocenters. The Hall–Kier alpha value is -2.49. The highest BCUT2D eigenvalue weighted by Crippen LogP contribution is 2.33. The van der Waals surface area contributed by atoms with E-state index in [-0.39, 0.29) is 11.4 Å². The lowest BCUT2D eigenvalue weighted by molar-refractivity contribution is -0.355. The van der Waals surface area contributed by atoms with E-state index < -0.39 is 5.75 Å². The molecule has 0 amide bonds. The highest BCUT2D eigenvalue weighted by Gasteiger charge is 2.12. The van der Waals surface area contributed by atoms with E-state index in [1.807, 2.05) is 18.2 Å². The van der Waals surface area contributed by atoms with Gasteiger partial charge in [0.15, 0.2) is 12.0 Å². The minimum Gasteiger partial charge on any atom is -0.618 e. The predicted octanol–water partition coefficient (Wildman–Crippen LogP) is 2.36. The first kappa shape index (κ1) is 11.0. The van der Waals surface area contributed by atoms with Gasteiger partial charge in [0.25, 0.3) is 5.69 Å². The molecule has 0 radical (unpaired) electrons. The first-order valence-corrected chi connectivity index (χ1v) is 5.05. The highest BCUT2D eigenvalue weighted by molar-refractivity contribution is 5.77. The topological polar surface area (TPSA) is 66.5 Å². The molecule has 17 heavy (non-hydrogen) atoms. The number of hydrogen-bond donors (Lipinski definition) is 2. The maximum atomic E-state index is 11.8. The number of nitrogens with zero attached hydrogens (tertiary/aromatic N) is 1. The zero-order valence-electron chi connectivity index (χ0n) is 8.95. The van der Waals surface area contributed by atoms with Crippen LogP contribution in [0.4, 0.5) is 5.69 Å². The van der Waals surface area contributed by atoms with Gasteiger partial charge in [0, 0.05) is 11.6 Å². The number of hydrogen-bond acceptors (Lipinski definition) is 3. The van der Waals surface area contributed by atoms with Gasteiger partial charge in [-0.25, -0.2) is 0 Å². The van der Waals surface area contributed by atoms with Gasteiger partial charge in [0.1, 0.15) is 0 Å². The van der Waals surface area contributed by atoms with Gasteiger partial charge in [0.05, 0.1) is 0 Å². The second kappa shape index (κ2) is 4.57. The van der Waals surface area contributed by atoms with Crippen LogP contribution in [0.5, 0.6) is 11.5 Å². The molecule has 0 saturated heterocycles. The molecule has 0 saturated carbocycles. The third kappa shape index (κ3) is 2.36. The standard InChI is InChI=1S/C13H11NO3/c15-12-8-4-7-11(13(12)16)14(17)9-10-5-2-1-3-6-10/h1-9,15-16H. The van der Waals surface area contributed by atoms with Crippen molar-refractivity contribution in [2.75, 3.05) is 0 Å². The Morgan fingerprint density at radius 1 is 0.941 bits per heavy atom. The molecule has 4 heteroatoms. The van der Waals surface area contributed by atoms with Gasteiger partial charge in [-0.05, 0) is 18.2 Å². The highest BCUT2D eigenvalue weighted by atomic mass is 16.5. The molecule has 0 aromatic heterocycles. The monoisotopic (exact) mass is 229 g/mol. The van der Waals surface area contributed by atoms with Crippen LogP contribution in [0, 0.1) is 5.21 Å².